The molecule has 0 unspecified atom stereocenters. The quantitative estimate of drug-likeness (QED) is 0.110. The van der Waals surface area contributed by atoms with E-state index in [1.54, 1.807) is 12.1 Å². The van der Waals surface area contributed by atoms with E-state index in [4.69, 9.17) is 14.2 Å². The van der Waals surface area contributed by atoms with Gasteiger partial charge in [-0.3, -0.25) is 9.44 Å². The van der Waals surface area contributed by atoms with Crippen molar-refractivity contribution in [3.05, 3.63) is 168 Å². The molecule has 0 aliphatic rings. The normalized spacial score (nSPS) is 11.2. The first-order chi connectivity index (χ1) is 30.1. The third-order valence-corrected chi connectivity index (χ3v) is 11.4. The van der Waals surface area contributed by atoms with Crippen LogP contribution in [0.1, 0.15) is 37.4 Å². The highest BCUT2D eigenvalue weighted by Gasteiger charge is 2.21. The average Bonchev–Trinajstić information content (AvgIpc) is 3.98. The Morgan fingerprint density at radius 1 is 0.635 bits per heavy atom. The molecule has 2 aromatic heterocycles. The monoisotopic (exact) mass is 902 g/mol. The first-order valence-electron chi connectivity index (χ1n) is 18.2. The standard InChI is InChI=1S/C24H21FN4O5S.C17H15FN4O5S/c1-33-24(30)19-9-18(13-29-16-26-15-27-29)10-20(11-19)28-35(31,32)21-7-8-23(22(25)12-21)34-14-17-5-3-2-4-6-17;1-27-17(24)12-4-11(8-22-10-19-9-20-22)5-13(6-12)21-28(25,26)14-2-3-16(23)15(18)7-14/h2-12,15-16,28H,13-14H2,1H3;2-7,9-10,21,23H,8H2,1H3. The van der Waals surface area contributed by atoms with Crippen LogP contribution in [-0.4, -0.2) is 77.6 Å². The molecular formula is C41H36F2N8O10S2. The zero-order valence-corrected chi connectivity index (χ0v) is 34.8. The summed E-state index contributed by atoms with van der Waals surface area (Å²) in [6.45, 7) is 0.603. The summed E-state index contributed by atoms with van der Waals surface area (Å²) in [5.41, 5.74) is 2.42. The number of sulfonamides is 2. The van der Waals surface area contributed by atoms with E-state index < -0.39 is 49.4 Å². The Bertz CT molecular complexity index is 2940. The Morgan fingerprint density at radius 3 is 1.57 bits per heavy atom. The zero-order valence-electron chi connectivity index (χ0n) is 33.1. The molecule has 0 atom stereocenters. The van der Waals surface area contributed by atoms with Gasteiger partial charge in [0.15, 0.2) is 23.1 Å². The van der Waals surface area contributed by atoms with Crippen molar-refractivity contribution < 1.29 is 54.5 Å². The topological polar surface area (TPSA) is 236 Å². The number of carbonyl (C=O) groups excluding carboxylic acids is 2. The summed E-state index contributed by atoms with van der Waals surface area (Å²) in [5.74, 6) is -3.93. The van der Waals surface area contributed by atoms with Crippen LogP contribution in [0.5, 0.6) is 11.5 Å². The number of methoxy groups -OCH3 is 2. The van der Waals surface area contributed by atoms with Crippen LogP contribution in [0.15, 0.2) is 138 Å². The van der Waals surface area contributed by atoms with E-state index in [1.807, 2.05) is 30.3 Å². The number of anilines is 2. The maximum absolute atomic E-state index is 14.6. The highest BCUT2D eigenvalue weighted by Crippen LogP contribution is 2.27. The van der Waals surface area contributed by atoms with Crippen LogP contribution in [0.2, 0.25) is 0 Å². The SMILES string of the molecule is COC(=O)c1cc(Cn2cncn2)cc(NS(=O)(=O)c2ccc(O)c(F)c2)c1.COC(=O)c1cc(Cn2cncn2)cc(NS(=O)(=O)c2ccc(OCc3ccccc3)c(F)c2)c1. The highest BCUT2D eigenvalue weighted by atomic mass is 32.2. The largest absolute Gasteiger partial charge is 0.505 e. The molecule has 0 saturated heterocycles. The number of nitrogens with zero attached hydrogens (tertiary/aromatic N) is 6. The molecule has 0 aliphatic heterocycles. The van der Waals surface area contributed by atoms with E-state index in [0.717, 1.165) is 23.8 Å². The summed E-state index contributed by atoms with van der Waals surface area (Å²) >= 11 is 0. The third kappa shape index (κ3) is 12.0. The first-order valence-corrected chi connectivity index (χ1v) is 21.2. The molecule has 0 fully saturated rings. The number of hydrogen-bond donors (Lipinski definition) is 3. The van der Waals surface area contributed by atoms with E-state index in [0.29, 0.717) is 17.2 Å². The van der Waals surface area contributed by atoms with Gasteiger partial charge in [-0.15, -0.1) is 0 Å². The van der Waals surface area contributed by atoms with Crippen molar-refractivity contribution >= 4 is 43.4 Å². The predicted molar refractivity (Wildman–Crippen MR) is 221 cm³/mol. The molecule has 7 aromatic rings. The van der Waals surface area contributed by atoms with Crippen molar-refractivity contribution in [2.75, 3.05) is 23.7 Å². The van der Waals surface area contributed by atoms with E-state index in [2.05, 4.69) is 29.6 Å². The smallest absolute Gasteiger partial charge is 0.337 e. The molecule has 22 heteroatoms. The number of aromatic hydroxyl groups is 1. The summed E-state index contributed by atoms with van der Waals surface area (Å²) in [6.07, 6.45) is 5.65. The molecule has 5 aromatic carbocycles. The van der Waals surface area contributed by atoms with Crippen molar-refractivity contribution in [2.45, 2.75) is 29.5 Å². The molecule has 0 radical (unpaired) electrons. The van der Waals surface area contributed by atoms with Gasteiger partial charge >= 0.3 is 11.9 Å². The van der Waals surface area contributed by atoms with Gasteiger partial charge in [-0.25, -0.2) is 54.5 Å². The minimum absolute atomic E-state index is 0.0735. The first kappa shape index (κ1) is 44.8. The van der Waals surface area contributed by atoms with Crippen LogP contribution in [0.3, 0.4) is 0 Å². The Labute approximate surface area is 358 Å². The number of ether oxygens (including phenoxy) is 3. The van der Waals surface area contributed by atoms with Crippen LogP contribution in [0.25, 0.3) is 0 Å². The summed E-state index contributed by atoms with van der Waals surface area (Å²) < 4.78 is 102. The van der Waals surface area contributed by atoms with Crippen LogP contribution >= 0.6 is 0 Å². The molecule has 3 N–H and O–H groups in total. The van der Waals surface area contributed by atoms with Gasteiger partial charge in [0.2, 0.25) is 0 Å². The Balaban J connectivity index is 0.000000215. The lowest BCUT2D eigenvalue weighted by molar-refractivity contribution is 0.0592. The number of phenols is 1. The molecule has 0 spiro atoms. The predicted octanol–water partition coefficient (Wildman–Crippen LogP) is 5.39. The van der Waals surface area contributed by atoms with Crippen LogP contribution in [-0.2, 0) is 49.2 Å². The molecular weight excluding hydrogens is 867 g/mol. The van der Waals surface area contributed by atoms with Crippen molar-refractivity contribution in [2.24, 2.45) is 0 Å². The molecule has 2 heterocycles. The fraction of sp³-hybridized carbons (Fsp3) is 0.122. The van der Waals surface area contributed by atoms with Gasteiger partial charge in [0.05, 0.1) is 59.6 Å². The van der Waals surface area contributed by atoms with Gasteiger partial charge in [0.25, 0.3) is 20.0 Å². The molecule has 0 bridgehead atoms. The van der Waals surface area contributed by atoms with Gasteiger partial charge in [-0.2, -0.15) is 10.2 Å². The van der Waals surface area contributed by atoms with Crippen molar-refractivity contribution in [3.8, 4) is 11.5 Å². The second-order valence-corrected chi connectivity index (χ2v) is 16.6. The van der Waals surface area contributed by atoms with Gasteiger partial charge in [0.1, 0.15) is 31.9 Å². The number of carbonyl (C=O) groups is 2. The maximum Gasteiger partial charge on any atom is 0.337 e. The van der Waals surface area contributed by atoms with Crippen molar-refractivity contribution in [1.82, 2.24) is 29.5 Å². The minimum atomic E-state index is -4.18. The second kappa shape index (κ2) is 19.8. The fourth-order valence-electron chi connectivity index (χ4n) is 5.74. The Kier molecular flexibility index (Phi) is 14.1. The van der Waals surface area contributed by atoms with Crippen LogP contribution < -0.4 is 14.2 Å². The molecule has 18 nitrogen and oxygen atoms in total. The number of nitrogens with one attached hydrogen (secondary N) is 2. The van der Waals surface area contributed by atoms with E-state index in [1.165, 1.54) is 85.3 Å². The van der Waals surface area contributed by atoms with E-state index in [-0.39, 0.29) is 57.7 Å². The molecule has 7 rings (SSSR count). The van der Waals surface area contributed by atoms with Gasteiger partial charge in [-0.1, -0.05) is 30.3 Å². The van der Waals surface area contributed by atoms with E-state index in [9.17, 15) is 40.3 Å². The Morgan fingerprint density at radius 2 is 1.13 bits per heavy atom. The summed E-state index contributed by atoms with van der Waals surface area (Å²) in [5, 5.41) is 17.2. The number of halogens is 2. The van der Waals surface area contributed by atoms with Crippen molar-refractivity contribution in [3.63, 3.8) is 0 Å². The lowest BCUT2D eigenvalue weighted by Crippen LogP contribution is -2.15. The van der Waals surface area contributed by atoms with Crippen molar-refractivity contribution in [1.29, 1.82) is 0 Å². The average molecular weight is 903 g/mol. The summed E-state index contributed by atoms with van der Waals surface area (Å²) in [4.78, 5) is 31.0. The highest BCUT2D eigenvalue weighted by molar-refractivity contribution is 7.93. The number of esters is 2. The van der Waals surface area contributed by atoms with Crippen LogP contribution in [0, 0.1) is 11.6 Å². The number of hydrogen-bond acceptors (Lipinski definition) is 14. The summed E-state index contributed by atoms with van der Waals surface area (Å²) in [6, 6.07) is 24.0. The lowest BCUT2D eigenvalue weighted by atomic mass is 10.1. The molecule has 0 amide bonds. The number of rotatable bonds is 15. The molecule has 63 heavy (non-hydrogen) atoms. The maximum atomic E-state index is 14.6. The van der Waals surface area contributed by atoms with Gasteiger partial charge in [0, 0.05) is 0 Å². The Hall–Kier alpha value is -7.72. The van der Waals surface area contributed by atoms with E-state index >= 15 is 0 Å². The summed E-state index contributed by atoms with van der Waals surface area (Å²) in [7, 11) is -5.92. The number of aromatic nitrogens is 6. The molecule has 0 aliphatic carbocycles. The second-order valence-electron chi connectivity index (χ2n) is 13.2. The van der Waals surface area contributed by atoms with Crippen LogP contribution in [0.4, 0.5) is 20.2 Å². The molecule has 326 valence electrons. The van der Waals surface area contributed by atoms with Gasteiger partial charge < -0.3 is 19.3 Å². The third-order valence-electron chi connectivity index (χ3n) is 8.63. The minimum Gasteiger partial charge on any atom is -0.505 e. The molecule has 0 saturated carbocycles. The fourth-order valence-corrected chi connectivity index (χ4v) is 7.85. The van der Waals surface area contributed by atoms with Gasteiger partial charge in [-0.05, 0) is 89.5 Å². The zero-order chi connectivity index (χ0) is 45.1. The number of benzene rings is 5. The number of phenolic OH excluding ortho intramolecular Hbond substituents is 1. The lowest BCUT2D eigenvalue weighted by Gasteiger charge is -2.13.